The maximum Gasteiger partial charge on any atom is 0.254 e. The molecule has 0 unspecified atom stereocenters. The molecule has 1 aromatic carbocycles. The van der Waals surface area contributed by atoms with Crippen molar-refractivity contribution in [1.29, 1.82) is 0 Å². The zero-order valence-electron chi connectivity index (χ0n) is 10.3. The van der Waals surface area contributed by atoms with Crippen molar-refractivity contribution in [2.45, 2.75) is 13.5 Å². The SMILES string of the molecule is CCn1c(=O)cc(O)c2ccc(N(C)C)cc21. The number of anilines is 1. The lowest BCUT2D eigenvalue weighted by molar-refractivity contribution is 0.479. The van der Waals surface area contributed by atoms with Crippen LogP contribution in [0.5, 0.6) is 5.75 Å². The molecule has 0 saturated heterocycles. The topological polar surface area (TPSA) is 45.5 Å². The Bertz CT molecular complexity index is 615. The largest absolute Gasteiger partial charge is 0.507 e. The van der Waals surface area contributed by atoms with E-state index in [9.17, 15) is 9.90 Å². The molecule has 0 atom stereocenters. The number of aromatic hydroxyl groups is 1. The third-order valence-corrected chi connectivity index (χ3v) is 2.91. The molecule has 1 heterocycles. The van der Waals surface area contributed by atoms with E-state index in [4.69, 9.17) is 0 Å². The van der Waals surface area contributed by atoms with Crippen LogP contribution >= 0.6 is 0 Å². The molecule has 4 heteroatoms. The van der Waals surface area contributed by atoms with E-state index in [2.05, 4.69) is 0 Å². The molecule has 0 aliphatic carbocycles. The number of aromatic nitrogens is 1. The van der Waals surface area contributed by atoms with Crippen molar-refractivity contribution < 1.29 is 5.11 Å². The molecule has 2 rings (SSSR count). The summed E-state index contributed by atoms with van der Waals surface area (Å²) < 4.78 is 1.65. The lowest BCUT2D eigenvalue weighted by atomic mass is 10.1. The summed E-state index contributed by atoms with van der Waals surface area (Å²) in [5.41, 5.74) is 1.60. The summed E-state index contributed by atoms with van der Waals surface area (Å²) in [4.78, 5) is 13.7. The third-order valence-electron chi connectivity index (χ3n) is 2.91. The van der Waals surface area contributed by atoms with Gasteiger partial charge in [-0.2, -0.15) is 0 Å². The van der Waals surface area contributed by atoms with Gasteiger partial charge in [0.25, 0.3) is 5.56 Å². The minimum atomic E-state index is -0.173. The first-order valence-corrected chi connectivity index (χ1v) is 5.58. The molecule has 90 valence electrons. The number of hydrogen-bond donors (Lipinski definition) is 1. The second-order valence-corrected chi connectivity index (χ2v) is 4.21. The fourth-order valence-corrected chi connectivity index (χ4v) is 1.96. The maximum absolute atomic E-state index is 11.8. The zero-order chi connectivity index (χ0) is 12.6. The van der Waals surface area contributed by atoms with Crippen LogP contribution in [0.1, 0.15) is 6.92 Å². The van der Waals surface area contributed by atoms with Crippen molar-refractivity contribution >= 4 is 16.6 Å². The average Bonchev–Trinajstić information content (AvgIpc) is 2.28. The fourth-order valence-electron chi connectivity index (χ4n) is 1.96. The molecular formula is C13H16N2O2. The molecule has 4 nitrogen and oxygen atoms in total. The summed E-state index contributed by atoms with van der Waals surface area (Å²) in [6, 6.07) is 6.94. The summed E-state index contributed by atoms with van der Waals surface area (Å²) in [5.74, 6) is 0.0417. The number of nitrogens with zero attached hydrogens (tertiary/aromatic N) is 2. The van der Waals surface area contributed by atoms with E-state index < -0.39 is 0 Å². The molecule has 0 aliphatic heterocycles. The van der Waals surface area contributed by atoms with Crippen LogP contribution < -0.4 is 10.5 Å². The molecule has 0 aliphatic rings. The lowest BCUT2D eigenvalue weighted by Gasteiger charge is -2.15. The minimum Gasteiger partial charge on any atom is -0.507 e. The molecule has 0 fully saturated rings. The van der Waals surface area contributed by atoms with E-state index in [0.717, 1.165) is 11.2 Å². The molecule has 1 aromatic heterocycles. The van der Waals surface area contributed by atoms with Crippen molar-refractivity contribution in [3.05, 3.63) is 34.6 Å². The normalized spacial score (nSPS) is 10.8. The van der Waals surface area contributed by atoms with Crippen LogP contribution in [0.3, 0.4) is 0 Å². The van der Waals surface area contributed by atoms with E-state index in [0.29, 0.717) is 11.9 Å². The number of pyridine rings is 1. The highest BCUT2D eigenvalue weighted by Gasteiger charge is 2.08. The van der Waals surface area contributed by atoms with Gasteiger partial charge in [0.2, 0.25) is 0 Å². The first-order chi connectivity index (χ1) is 8.04. The van der Waals surface area contributed by atoms with E-state index in [1.54, 1.807) is 4.57 Å². The van der Waals surface area contributed by atoms with Gasteiger partial charge in [0.05, 0.1) is 5.52 Å². The minimum absolute atomic E-state index is 0.0417. The smallest absolute Gasteiger partial charge is 0.254 e. The zero-order valence-corrected chi connectivity index (χ0v) is 10.3. The Kier molecular flexibility index (Phi) is 2.79. The van der Waals surface area contributed by atoms with Gasteiger partial charge in [-0.1, -0.05) is 0 Å². The van der Waals surface area contributed by atoms with Gasteiger partial charge in [0.15, 0.2) is 0 Å². The Hall–Kier alpha value is -1.97. The van der Waals surface area contributed by atoms with Crippen LogP contribution in [0.4, 0.5) is 5.69 Å². The predicted octanol–water partition coefficient (Wildman–Crippen LogP) is 1.79. The second-order valence-electron chi connectivity index (χ2n) is 4.21. The number of fused-ring (bicyclic) bond motifs is 1. The summed E-state index contributed by atoms with van der Waals surface area (Å²) in [6.45, 7) is 2.51. The van der Waals surface area contributed by atoms with E-state index in [1.807, 2.05) is 44.1 Å². The number of benzene rings is 1. The maximum atomic E-state index is 11.8. The fraction of sp³-hybridized carbons (Fsp3) is 0.308. The Labute approximate surface area is 99.7 Å². The Balaban J connectivity index is 2.86. The van der Waals surface area contributed by atoms with Crippen LogP contribution in [0.15, 0.2) is 29.1 Å². The van der Waals surface area contributed by atoms with Gasteiger partial charge in [-0.25, -0.2) is 0 Å². The van der Waals surface area contributed by atoms with E-state index in [-0.39, 0.29) is 11.3 Å². The molecular weight excluding hydrogens is 216 g/mol. The molecule has 0 bridgehead atoms. The standard InChI is InChI=1S/C13H16N2O2/c1-4-15-11-7-9(14(2)3)5-6-10(11)12(16)8-13(15)17/h5-8,16H,4H2,1-3H3. The van der Waals surface area contributed by atoms with Crippen molar-refractivity contribution in [2.24, 2.45) is 0 Å². The molecule has 1 N–H and O–H groups in total. The highest BCUT2D eigenvalue weighted by atomic mass is 16.3. The molecule has 17 heavy (non-hydrogen) atoms. The van der Waals surface area contributed by atoms with Gasteiger partial charge in [-0.15, -0.1) is 0 Å². The molecule has 2 aromatic rings. The van der Waals surface area contributed by atoms with Gasteiger partial charge in [0, 0.05) is 37.8 Å². The summed E-state index contributed by atoms with van der Waals surface area (Å²) >= 11 is 0. The van der Waals surface area contributed by atoms with Crippen LogP contribution in [0.25, 0.3) is 10.9 Å². The molecule has 0 amide bonds. The Morgan fingerprint density at radius 3 is 2.59 bits per heavy atom. The second kappa shape index (κ2) is 4.13. The monoisotopic (exact) mass is 232 g/mol. The Morgan fingerprint density at radius 2 is 2.00 bits per heavy atom. The van der Waals surface area contributed by atoms with Crippen LogP contribution in [-0.4, -0.2) is 23.8 Å². The van der Waals surface area contributed by atoms with Gasteiger partial charge < -0.3 is 14.6 Å². The van der Waals surface area contributed by atoms with Gasteiger partial charge >= 0.3 is 0 Å². The average molecular weight is 232 g/mol. The molecule has 0 saturated carbocycles. The molecule has 0 spiro atoms. The van der Waals surface area contributed by atoms with Gasteiger partial charge in [0.1, 0.15) is 5.75 Å². The first-order valence-electron chi connectivity index (χ1n) is 5.58. The number of aryl methyl sites for hydroxylation is 1. The number of hydrogen-bond acceptors (Lipinski definition) is 3. The highest BCUT2D eigenvalue weighted by Crippen LogP contribution is 2.26. The van der Waals surface area contributed by atoms with Crippen molar-refractivity contribution in [3.8, 4) is 5.75 Å². The van der Waals surface area contributed by atoms with Crippen molar-refractivity contribution in [2.75, 3.05) is 19.0 Å². The first kappa shape index (κ1) is 11.5. The highest BCUT2D eigenvalue weighted by molar-refractivity contribution is 5.87. The summed E-state index contributed by atoms with van der Waals surface area (Å²) in [5, 5.41) is 10.5. The summed E-state index contributed by atoms with van der Waals surface area (Å²) in [6.07, 6.45) is 0. The van der Waals surface area contributed by atoms with Crippen LogP contribution in [0.2, 0.25) is 0 Å². The van der Waals surface area contributed by atoms with E-state index >= 15 is 0 Å². The quantitative estimate of drug-likeness (QED) is 0.858. The van der Waals surface area contributed by atoms with Crippen molar-refractivity contribution in [1.82, 2.24) is 4.57 Å². The predicted molar refractivity (Wildman–Crippen MR) is 69.9 cm³/mol. The number of rotatable bonds is 2. The van der Waals surface area contributed by atoms with Gasteiger partial charge in [-0.05, 0) is 25.1 Å². The Morgan fingerprint density at radius 1 is 1.29 bits per heavy atom. The van der Waals surface area contributed by atoms with Crippen molar-refractivity contribution in [3.63, 3.8) is 0 Å². The van der Waals surface area contributed by atoms with Crippen LogP contribution in [-0.2, 0) is 6.54 Å². The van der Waals surface area contributed by atoms with E-state index in [1.165, 1.54) is 6.07 Å². The van der Waals surface area contributed by atoms with Crippen LogP contribution in [0, 0.1) is 0 Å². The summed E-state index contributed by atoms with van der Waals surface area (Å²) in [7, 11) is 3.89. The van der Waals surface area contributed by atoms with Gasteiger partial charge in [-0.3, -0.25) is 4.79 Å². The molecule has 0 radical (unpaired) electrons. The third kappa shape index (κ3) is 1.86. The lowest BCUT2D eigenvalue weighted by Crippen LogP contribution is -2.18.